The van der Waals surface area contributed by atoms with Gasteiger partial charge >= 0.3 is 6.03 Å². The number of primary amides is 1. The fraction of sp³-hybridized carbons (Fsp3) is 0.333. The quantitative estimate of drug-likeness (QED) is 0.728. The second kappa shape index (κ2) is 7.60. The lowest BCUT2D eigenvalue weighted by Crippen LogP contribution is -2.46. The van der Waals surface area contributed by atoms with E-state index in [0.29, 0.717) is 12.1 Å². The molecule has 0 unspecified atom stereocenters. The summed E-state index contributed by atoms with van der Waals surface area (Å²) in [6.07, 6.45) is 2.49. The molecule has 4 N–H and O–H groups in total. The number of hydrogen-bond acceptors (Lipinski definition) is 3. The summed E-state index contributed by atoms with van der Waals surface area (Å²) in [6.45, 7) is 0. The van der Waals surface area contributed by atoms with Crippen LogP contribution in [0.1, 0.15) is 6.42 Å². The highest BCUT2D eigenvalue weighted by Gasteiger charge is 2.19. The summed E-state index contributed by atoms with van der Waals surface area (Å²) in [5.74, 6) is 0.515. The largest absolute Gasteiger partial charge is 0.352 e. The summed E-state index contributed by atoms with van der Waals surface area (Å²) in [5.41, 5.74) is 5.76. The lowest BCUT2D eigenvalue weighted by Gasteiger charge is -2.16. The van der Waals surface area contributed by atoms with Crippen LogP contribution < -0.4 is 16.4 Å². The highest BCUT2D eigenvalue weighted by atomic mass is 32.2. The number of nitrogens with two attached hydrogens (primary N) is 1. The maximum atomic E-state index is 12.0. The molecule has 1 aromatic carbocycles. The number of rotatable bonds is 6. The zero-order valence-corrected chi connectivity index (χ0v) is 11.0. The van der Waals surface area contributed by atoms with Gasteiger partial charge in [-0.05, 0) is 30.6 Å². The van der Waals surface area contributed by atoms with Crippen LogP contribution in [0.3, 0.4) is 0 Å². The van der Waals surface area contributed by atoms with Gasteiger partial charge in [0.15, 0.2) is 0 Å². The lowest BCUT2D eigenvalue weighted by molar-refractivity contribution is -0.117. The minimum Gasteiger partial charge on any atom is -0.352 e. The number of carbonyl (C=O) groups is 2. The SMILES string of the molecule is CSCC[C@H](NC(N)=O)C(=O)Nc1ccccc1. The van der Waals surface area contributed by atoms with Gasteiger partial charge in [0.1, 0.15) is 6.04 Å². The van der Waals surface area contributed by atoms with Crippen molar-refractivity contribution in [2.75, 3.05) is 17.3 Å². The Balaban J connectivity index is 2.60. The van der Waals surface area contributed by atoms with Crippen LogP contribution in [-0.4, -0.2) is 30.0 Å². The fourth-order valence-corrected chi connectivity index (χ4v) is 1.90. The van der Waals surface area contributed by atoms with E-state index in [1.165, 1.54) is 0 Å². The molecule has 0 bridgehead atoms. The highest BCUT2D eigenvalue weighted by Crippen LogP contribution is 2.08. The van der Waals surface area contributed by atoms with Crippen molar-refractivity contribution in [2.24, 2.45) is 5.73 Å². The monoisotopic (exact) mass is 267 g/mol. The molecule has 0 aliphatic heterocycles. The number of carbonyl (C=O) groups excluding carboxylic acids is 2. The molecule has 0 saturated carbocycles. The van der Waals surface area contributed by atoms with E-state index >= 15 is 0 Å². The van der Waals surface area contributed by atoms with Gasteiger partial charge in [0.05, 0.1) is 0 Å². The van der Waals surface area contributed by atoms with Crippen molar-refractivity contribution < 1.29 is 9.59 Å². The van der Waals surface area contributed by atoms with Crippen molar-refractivity contribution in [2.45, 2.75) is 12.5 Å². The maximum absolute atomic E-state index is 12.0. The first kappa shape index (κ1) is 14.4. The number of benzene rings is 1. The van der Waals surface area contributed by atoms with Gasteiger partial charge in [0.25, 0.3) is 0 Å². The third kappa shape index (κ3) is 5.09. The number of hydrogen-bond donors (Lipinski definition) is 3. The van der Waals surface area contributed by atoms with Crippen LogP contribution >= 0.6 is 11.8 Å². The molecular formula is C12H17N3O2S. The van der Waals surface area contributed by atoms with E-state index in [0.717, 1.165) is 5.75 Å². The molecule has 6 heteroatoms. The summed E-state index contributed by atoms with van der Waals surface area (Å²) >= 11 is 1.61. The average Bonchev–Trinajstić information content (AvgIpc) is 2.35. The van der Waals surface area contributed by atoms with Gasteiger partial charge in [-0.1, -0.05) is 18.2 Å². The summed E-state index contributed by atoms with van der Waals surface area (Å²) < 4.78 is 0. The van der Waals surface area contributed by atoms with E-state index in [1.807, 2.05) is 24.5 Å². The normalized spacial score (nSPS) is 11.6. The summed E-state index contributed by atoms with van der Waals surface area (Å²) in [5, 5.41) is 5.19. The molecule has 1 aromatic rings. The average molecular weight is 267 g/mol. The van der Waals surface area contributed by atoms with Crippen LogP contribution in [0.15, 0.2) is 30.3 Å². The predicted molar refractivity (Wildman–Crippen MR) is 74.6 cm³/mol. The maximum Gasteiger partial charge on any atom is 0.312 e. The number of anilines is 1. The van der Waals surface area contributed by atoms with Gasteiger partial charge in [-0.2, -0.15) is 11.8 Å². The van der Waals surface area contributed by atoms with Gasteiger partial charge in [-0.15, -0.1) is 0 Å². The molecule has 0 aliphatic rings. The molecule has 0 saturated heterocycles. The van der Waals surface area contributed by atoms with E-state index in [-0.39, 0.29) is 5.91 Å². The Kier molecular flexibility index (Phi) is 6.07. The Morgan fingerprint density at radius 2 is 2.00 bits per heavy atom. The standard InChI is InChI=1S/C12H17N3O2S/c1-18-8-7-10(15-12(13)17)11(16)14-9-5-3-2-4-6-9/h2-6,10H,7-8H2,1H3,(H,14,16)(H3,13,15,17)/t10-/m0/s1. The fourth-order valence-electron chi connectivity index (χ4n) is 1.43. The molecule has 3 amide bonds. The number of urea groups is 1. The topological polar surface area (TPSA) is 84.2 Å². The number of amides is 3. The summed E-state index contributed by atoms with van der Waals surface area (Å²) in [6, 6.07) is 7.80. The first-order valence-corrected chi connectivity index (χ1v) is 6.93. The Bertz CT molecular complexity index is 398. The first-order valence-electron chi connectivity index (χ1n) is 5.54. The minimum absolute atomic E-state index is 0.256. The molecule has 0 radical (unpaired) electrons. The van der Waals surface area contributed by atoms with Crippen molar-refractivity contribution >= 4 is 29.4 Å². The van der Waals surface area contributed by atoms with Gasteiger partial charge in [-0.3, -0.25) is 4.79 Å². The Morgan fingerprint density at radius 3 is 2.56 bits per heavy atom. The molecule has 98 valence electrons. The van der Waals surface area contributed by atoms with E-state index < -0.39 is 12.1 Å². The van der Waals surface area contributed by atoms with Crippen molar-refractivity contribution in [3.8, 4) is 0 Å². The zero-order valence-electron chi connectivity index (χ0n) is 10.2. The molecule has 0 aliphatic carbocycles. The van der Waals surface area contributed by atoms with Gasteiger partial charge in [0, 0.05) is 5.69 Å². The van der Waals surface area contributed by atoms with Gasteiger partial charge in [-0.25, -0.2) is 4.79 Å². The van der Waals surface area contributed by atoms with Crippen molar-refractivity contribution in [1.82, 2.24) is 5.32 Å². The van der Waals surface area contributed by atoms with Crippen LogP contribution in [0, 0.1) is 0 Å². The second-order valence-electron chi connectivity index (χ2n) is 3.70. The highest BCUT2D eigenvalue weighted by molar-refractivity contribution is 7.98. The van der Waals surface area contributed by atoms with Crippen LogP contribution in [-0.2, 0) is 4.79 Å². The Hall–Kier alpha value is -1.69. The molecule has 18 heavy (non-hydrogen) atoms. The molecule has 0 fully saturated rings. The third-order valence-electron chi connectivity index (χ3n) is 2.28. The van der Waals surface area contributed by atoms with Crippen molar-refractivity contribution in [3.05, 3.63) is 30.3 Å². The lowest BCUT2D eigenvalue weighted by atomic mass is 10.2. The molecular weight excluding hydrogens is 250 g/mol. The molecule has 0 aromatic heterocycles. The molecule has 1 atom stereocenters. The Labute approximate surface area is 111 Å². The van der Waals surface area contributed by atoms with E-state index in [4.69, 9.17) is 5.73 Å². The Morgan fingerprint density at radius 1 is 1.33 bits per heavy atom. The van der Waals surface area contributed by atoms with Crippen molar-refractivity contribution in [3.63, 3.8) is 0 Å². The zero-order chi connectivity index (χ0) is 13.4. The summed E-state index contributed by atoms with van der Waals surface area (Å²) in [4.78, 5) is 22.8. The number of nitrogens with one attached hydrogen (secondary N) is 2. The molecule has 0 heterocycles. The molecule has 5 nitrogen and oxygen atoms in total. The van der Waals surface area contributed by atoms with E-state index in [2.05, 4.69) is 10.6 Å². The van der Waals surface area contributed by atoms with E-state index in [9.17, 15) is 9.59 Å². The van der Waals surface area contributed by atoms with Gasteiger partial charge in [0.2, 0.25) is 5.91 Å². The third-order valence-corrected chi connectivity index (χ3v) is 2.93. The van der Waals surface area contributed by atoms with Crippen molar-refractivity contribution in [1.29, 1.82) is 0 Å². The van der Waals surface area contributed by atoms with Crippen LogP contribution in [0.5, 0.6) is 0 Å². The van der Waals surface area contributed by atoms with Gasteiger partial charge < -0.3 is 16.4 Å². The second-order valence-corrected chi connectivity index (χ2v) is 4.68. The van der Waals surface area contributed by atoms with E-state index in [1.54, 1.807) is 23.9 Å². The smallest absolute Gasteiger partial charge is 0.312 e. The predicted octanol–water partition coefficient (Wildman–Crippen LogP) is 1.42. The number of para-hydroxylation sites is 1. The van der Waals surface area contributed by atoms with Crippen LogP contribution in [0.25, 0.3) is 0 Å². The van der Waals surface area contributed by atoms with Crippen LogP contribution in [0.2, 0.25) is 0 Å². The molecule has 1 rings (SSSR count). The summed E-state index contributed by atoms with van der Waals surface area (Å²) in [7, 11) is 0. The minimum atomic E-state index is -0.690. The van der Waals surface area contributed by atoms with Crippen LogP contribution in [0.4, 0.5) is 10.5 Å². The molecule has 0 spiro atoms. The first-order chi connectivity index (χ1) is 8.63. The number of thioether (sulfide) groups is 1.